The van der Waals surface area contributed by atoms with Crippen molar-refractivity contribution in [3.8, 4) is 11.5 Å². The van der Waals surface area contributed by atoms with Gasteiger partial charge in [0.05, 0.1) is 5.57 Å². The molecule has 4 unspecified atom stereocenters. The lowest BCUT2D eigenvalue weighted by molar-refractivity contribution is -0.165. The monoisotopic (exact) mass is 811 g/mol. The molecule has 12 nitrogen and oxygen atoms in total. The van der Waals surface area contributed by atoms with Crippen molar-refractivity contribution in [2.24, 2.45) is 17.8 Å². The minimum absolute atomic E-state index is 0.240. The highest BCUT2D eigenvalue weighted by molar-refractivity contribution is 6.08. The first-order chi connectivity index (χ1) is 27.3. The summed E-state index contributed by atoms with van der Waals surface area (Å²) in [7, 11) is 0. The molecule has 58 heavy (non-hydrogen) atoms. The second-order valence-electron chi connectivity index (χ2n) is 17.1. The average Bonchev–Trinajstić information content (AvgIpc) is 3.44. The van der Waals surface area contributed by atoms with Gasteiger partial charge in [-0.25, -0.2) is 4.79 Å². The molecule has 7 atom stereocenters. The fourth-order valence-corrected chi connectivity index (χ4v) is 7.87. The Balaban J connectivity index is 1.61. The number of carbonyl (C=O) groups excluding carboxylic acids is 5. The molecule has 12 heteroatoms. The van der Waals surface area contributed by atoms with Crippen molar-refractivity contribution in [1.82, 2.24) is 5.32 Å². The van der Waals surface area contributed by atoms with Crippen LogP contribution in [-0.4, -0.2) is 66.9 Å². The number of aldehydes is 1. The van der Waals surface area contributed by atoms with Crippen LogP contribution in [0.25, 0.3) is 0 Å². The molecule has 0 spiro atoms. The van der Waals surface area contributed by atoms with Gasteiger partial charge in [0.1, 0.15) is 29.8 Å². The van der Waals surface area contributed by atoms with Gasteiger partial charge < -0.3 is 33.7 Å². The highest BCUT2D eigenvalue weighted by Crippen LogP contribution is 2.45. The molecule has 0 aliphatic carbocycles. The van der Waals surface area contributed by atoms with Crippen LogP contribution >= 0.6 is 0 Å². The van der Waals surface area contributed by atoms with Crippen molar-refractivity contribution < 1.29 is 52.4 Å². The molecule has 2 aliphatic rings. The Hall–Kier alpha value is -4.19. The first-order valence-electron chi connectivity index (χ1n) is 21.1. The molecule has 0 bridgehead atoms. The van der Waals surface area contributed by atoms with Gasteiger partial charge in [-0.05, 0) is 106 Å². The summed E-state index contributed by atoms with van der Waals surface area (Å²) in [5, 5.41) is 2.89. The van der Waals surface area contributed by atoms with Crippen LogP contribution in [0.15, 0.2) is 23.9 Å². The molecule has 2 aliphatic heterocycles. The third-order valence-electron chi connectivity index (χ3n) is 11.4. The van der Waals surface area contributed by atoms with Gasteiger partial charge in [0.15, 0.2) is 24.7 Å². The maximum absolute atomic E-state index is 13.3. The van der Waals surface area contributed by atoms with E-state index in [1.807, 2.05) is 20.8 Å². The van der Waals surface area contributed by atoms with Crippen LogP contribution in [-0.2, 0) is 49.3 Å². The maximum Gasteiger partial charge on any atom is 0.346 e. The van der Waals surface area contributed by atoms with Crippen molar-refractivity contribution in [2.75, 3.05) is 6.61 Å². The van der Waals surface area contributed by atoms with Crippen molar-refractivity contribution in [1.29, 1.82) is 0 Å². The number of carbonyl (C=O) groups is 5. The molecule has 1 N–H and O–H groups in total. The highest BCUT2D eigenvalue weighted by Gasteiger charge is 2.49. The second-order valence-corrected chi connectivity index (χ2v) is 17.1. The lowest BCUT2D eigenvalue weighted by atomic mass is 9.83. The topological polar surface area (TPSA) is 153 Å². The Morgan fingerprint density at radius 3 is 2.02 bits per heavy atom. The molecule has 1 aromatic carbocycles. The van der Waals surface area contributed by atoms with E-state index < -0.39 is 48.4 Å². The average molecular weight is 812 g/mol. The molecular formula is C46H69NO11. The number of fused-ring (bicyclic) bond motifs is 1. The zero-order chi connectivity index (χ0) is 43.2. The standard InChI is InChI=1S/C46H69NO11/c1-28(2)16-12-17-29(3)18-13-19-30(4)20-14-23-46(11)24-22-38-33(7)40(31(5)32(6)41(38)58-46)57-45(52)37(26-48)21-15-25-47-44-43(55-36(10)51)42(54-35(9)50)39(56-44)27-53-34(8)49/h15,21,25-26,28-30,39,42-44,47H,12-14,16-20,22-24,27H2,1-11H3/b25-15-,37-21+/t29-,30-,39?,42?,43?,44?,46-/m1/s1. The number of allylic oxidation sites excluding steroid dienone is 2. The van der Waals surface area contributed by atoms with E-state index in [0.29, 0.717) is 18.0 Å². The summed E-state index contributed by atoms with van der Waals surface area (Å²) in [6, 6.07) is 0. The Morgan fingerprint density at radius 2 is 1.43 bits per heavy atom. The van der Waals surface area contributed by atoms with E-state index in [1.165, 1.54) is 84.1 Å². The molecule has 1 saturated heterocycles. The first-order valence-corrected chi connectivity index (χ1v) is 21.1. The fourth-order valence-electron chi connectivity index (χ4n) is 7.87. The molecule has 2 heterocycles. The zero-order valence-corrected chi connectivity index (χ0v) is 36.8. The number of ether oxygens (including phenoxy) is 6. The van der Waals surface area contributed by atoms with Crippen LogP contribution in [0.5, 0.6) is 11.5 Å². The predicted octanol–water partition coefficient (Wildman–Crippen LogP) is 8.42. The molecule has 324 valence electrons. The van der Waals surface area contributed by atoms with Gasteiger partial charge in [0, 0.05) is 26.3 Å². The number of benzene rings is 1. The van der Waals surface area contributed by atoms with E-state index in [9.17, 15) is 24.0 Å². The van der Waals surface area contributed by atoms with Crippen molar-refractivity contribution >= 4 is 30.2 Å². The van der Waals surface area contributed by atoms with Crippen LogP contribution in [0.1, 0.15) is 142 Å². The number of hydrogen-bond donors (Lipinski definition) is 1. The van der Waals surface area contributed by atoms with E-state index in [1.54, 1.807) is 0 Å². The SMILES string of the molecule is CC(=O)OCC1OC(N/C=C\C=C(/C=O)C(=O)Oc2c(C)c(C)c3c(c2C)CC[C@@](C)(CCC[C@H](C)CCC[C@H](C)CCCC(C)C)O3)C(OC(C)=O)C1OC(C)=O. The fraction of sp³-hybridized carbons (Fsp3) is 0.674. The van der Waals surface area contributed by atoms with E-state index in [-0.39, 0.29) is 17.8 Å². The molecule has 0 amide bonds. The van der Waals surface area contributed by atoms with E-state index in [4.69, 9.17) is 28.4 Å². The van der Waals surface area contributed by atoms with Gasteiger partial charge in [0.2, 0.25) is 0 Å². The third kappa shape index (κ3) is 14.6. The van der Waals surface area contributed by atoms with Crippen molar-refractivity contribution in [3.63, 3.8) is 0 Å². The quantitative estimate of drug-likeness (QED) is 0.0175. The highest BCUT2D eigenvalue weighted by atomic mass is 16.7. The van der Waals surface area contributed by atoms with Crippen LogP contribution in [0.3, 0.4) is 0 Å². The van der Waals surface area contributed by atoms with Crippen molar-refractivity contribution in [2.45, 2.75) is 177 Å². The van der Waals surface area contributed by atoms with E-state index >= 15 is 0 Å². The molecular weight excluding hydrogens is 743 g/mol. The molecule has 3 rings (SSSR count). The summed E-state index contributed by atoms with van der Waals surface area (Å²) in [4.78, 5) is 60.5. The largest absolute Gasteiger partial charge is 0.487 e. The van der Waals surface area contributed by atoms with Gasteiger partial charge in [-0.15, -0.1) is 0 Å². The van der Waals surface area contributed by atoms with Crippen LogP contribution in [0.4, 0.5) is 0 Å². The minimum Gasteiger partial charge on any atom is -0.487 e. The number of hydrogen-bond acceptors (Lipinski definition) is 12. The Kier molecular flexibility index (Phi) is 19.0. The van der Waals surface area contributed by atoms with Gasteiger partial charge >= 0.3 is 23.9 Å². The maximum atomic E-state index is 13.3. The number of esters is 4. The lowest BCUT2D eigenvalue weighted by Gasteiger charge is -2.38. The third-order valence-corrected chi connectivity index (χ3v) is 11.4. The summed E-state index contributed by atoms with van der Waals surface area (Å²) < 4.78 is 34.3. The number of nitrogens with one attached hydrogen (secondary N) is 1. The summed E-state index contributed by atoms with van der Waals surface area (Å²) in [6.45, 7) is 20.7. The zero-order valence-electron chi connectivity index (χ0n) is 36.8. The van der Waals surface area contributed by atoms with Gasteiger partial charge in [0.25, 0.3) is 0 Å². The lowest BCUT2D eigenvalue weighted by Crippen LogP contribution is -2.44. The summed E-state index contributed by atoms with van der Waals surface area (Å²) in [5.74, 6) is 0.860. The molecule has 0 radical (unpaired) electrons. The van der Waals surface area contributed by atoms with Crippen LogP contribution in [0.2, 0.25) is 0 Å². The molecule has 0 saturated carbocycles. The Bertz CT molecular complexity index is 1650. The molecule has 1 aromatic rings. The summed E-state index contributed by atoms with van der Waals surface area (Å²) in [5.41, 5.74) is 2.98. The van der Waals surface area contributed by atoms with Crippen molar-refractivity contribution in [3.05, 3.63) is 46.2 Å². The summed E-state index contributed by atoms with van der Waals surface area (Å²) >= 11 is 0. The van der Waals surface area contributed by atoms with Gasteiger partial charge in [-0.1, -0.05) is 72.6 Å². The summed E-state index contributed by atoms with van der Waals surface area (Å²) in [6.07, 6.45) is 13.2. The van der Waals surface area contributed by atoms with E-state index in [0.717, 1.165) is 65.5 Å². The normalized spacial score (nSPS) is 22.8. The number of rotatable bonds is 22. The van der Waals surface area contributed by atoms with Gasteiger partial charge in [-0.2, -0.15) is 0 Å². The smallest absolute Gasteiger partial charge is 0.346 e. The minimum atomic E-state index is -1.09. The Morgan fingerprint density at radius 1 is 0.828 bits per heavy atom. The second kappa shape index (κ2) is 22.8. The predicted molar refractivity (Wildman–Crippen MR) is 221 cm³/mol. The van der Waals surface area contributed by atoms with Crippen LogP contribution < -0.4 is 14.8 Å². The molecule has 1 fully saturated rings. The van der Waals surface area contributed by atoms with Gasteiger partial charge in [-0.3, -0.25) is 19.2 Å². The van der Waals surface area contributed by atoms with Crippen LogP contribution in [0, 0.1) is 38.5 Å². The first kappa shape index (κ1) is 48.2. The molecule has 0 aromatic heterocycles. The Labute approximate surface area is 346 Å². The van der Waals surface area contributed by atoms with E-state index in [2.05, 4.69) is 39.9 Å².